The van der Waals surface area contributed by atoms with Gasteiger partial charge in [0.05, 0.1) is 17.3 Å². The Morgan fingerprint density at radius 2 is 2.00 bits per heavy atom. The minimum Gasteiger partial charge on any atom is -0.330 e. The minimum atomic E-state index is 0.109. The largest absolute Gasteiger partial charge is 0.330 e. The highest BCUT2D eigenvalue weighted by Crippen LogP contribution is 2.31. The summed E-state index contributed by atoms with van der Waals surface area (Å²) in [5, 5.41) is 4.39. The number of carbonyl (C=O) groups is 1. The number of amides is 1. The number of hydrogen-bond donors (Lipinski definition) is 0. The van der Waals surface area contributed by atoms with E-state index in [0.29, 0.717) is 0 Å². The summed E-state index contributed by atoms with van der Waals surface area (Å²) in [4.78, 5) is 15.1. The number of hydrogen-bond acceptors (Lipinski definition) is 3. The van der Waals surface area contributed by atoms with E-state index >= 15 is 0 Å². The third-order valence-electron chi connectivity index (χ3n) is 4.30. The lowest BCUT2D eigenvalue weighted by Crippen LogP contribution is -2.41. The highest BCUT2D eigenvalue weighted by atomic mass is 32.2. The van der Waals surface area contributed by atoms with E-state index in [9.17, 15) is 4.79 Å². The van der Waals surface area contributed by atoms with Crippen LogP contribution in [0.25, 0.3) is 0 Å². The van der Waals surface area contributed by atoms with Gasteiger partial charge in [0.2, 0.25) is 0 Å². The van der Waals surface area contributed by atoms with Crippen LogP contribution < -0.4 is 0 Å². The Labute approximate surface area is 135 Å². The van der Waals surface area contributed by atoms with Crippen LogP contribution in [-0.2, 0) is 7.05 Å². The lowest BCUT2D eigenvalue weighted by Gasteiger charge is -2.36. The fraction of sp³-hybridized carbons (Fsp3) is 0.412. The Kier molecular flexibility index (Phi) is 4.25. The lowest BCUT2D eigenvalue weighted by atomic mass is 10.0. The predicted octanol–water partition coefficient (Wildman–Crippen LogP) is 2.97. The van der Waals surface area contributed by atoms with Crippen molar-refractivity contribution >= 4 is 17.7 Å². The van der Waals surface area contributed by atoms with Gasteiger partial charge in [-0.2, -0.15) is 16.9 Å². The molecule has 1 amide bonds. The first-order valence-electron chi connectivity index (χ1n) is 7.53. The zero-order valence-electron chi connectivity index (χ0n) is 13.2. The molecular formula is C17H21N3OS. The van der Waals surface area contributed by atoms with E-state index in [2.05, 4.69) is 17.2 Å². The first-order chi connectivity index (χ1) is 10.6. The Balaban J connectivity index is 1.95. The molecule has 1 fully saturated rings. The number of rotatable bonds is 2. The van der Waals surface area contributed by atoms with Crippen LogP contribution in [0.1, 0.15) is 33.4 Å². The van der Waals surface area contributed by atoms with E-state index in [0.717, 1.165) is 35.0 Å². The second-order valence-electron chi connectivity index (χ2n) is 5.67. The molecule has 1 unspecified atom stereocenters. The van der Waals surface area contributed by atoms with Crippen molar-refractivity contribution in [2.45, 2.75) is 19.9 Å². The average molecular weight is 315 g/mol. The topological polar surface area (TPSA) is 38.1 Å². The van der Waals surface area contributed by atoms with Crippen molar-refractivity contribution in [3.63, 3.8) is 0 Å². The molecule has 0 saturated carbocycles. The van der Waals surface area contributed by atoms with Gasteiger partial charge < -0.3 is 4.90 Å². The van der Waals surface area contributed by atoms with Crippen LogP contribution in [0.15, 0.2) is 30.3 Å². The third-order valence-corrected chi connectivity index (χ3v) is 5.32. The maximum Gasteiger partial charge on any atom is 0.258 e. The van der Waals surface area contributed by atoms with Crippen LogP contribution >= 0.6 is 11.8 Å². The number of aryl methyl sites for hydroxylation is 2. The lowest BCUT2D eigenvalue weighted by molar-refractivity contribution is 0.0700. The number of aromatic nitrogens is 2. The summed E-state index contributed by atoms with van der Waals surface area (Å²) in [5.74, 6) is 2.05. The molecule has 0 radical (unpaired) electrons. The van der Waals surface area contributed by atoms with Crippen molar-refractivity contribution < 1.29 is 4.79 Å². The van der Waals surface area contributed by atoms with Crippen molar-refractivity contribution in [1.82, 2.24) is 14.7 Å². The highest BCUT2D eigenvalue weighted by molar-refractivity contribution is 7.99. The van der Waals surface area contributed by atoms with Crippen molar-refractivity contribution in [3.05, 3.63) is 52.8 Å². The van der Waals surface area contributed by atoms with Crippen LogP contribution in [0.5, 0.6) is 0 Å². The van der Waals surface area contributed by atoms with Gasteiger partial charge in [0, 0.05) is 30.8 Å². The van der Waals surface area contributed by atoms with Crippen LogP contribution in [0.2, 0.25) is 0 Å². The van der Waals surface area contributed by atoms with E-state index < -0.39 is 0 Å². The SMILES string of the molecule is Cc1nn(C)c(C)c1C(=O)N1CCSCC1c1ccccc1. The molecule has 4 nitrogen and oxygen atoms in total. The maximum atomic E-state index is 13.1. The van der Waals surface area contributed by atoms with E-state index in [1.165, 1.54) is 5.56 Å². The van der Waals surface area contributed by atoms with Gasteiger partial charge in [-0.1, -0.05) is 30.3 Å². The Morgan fingerprint density at radius 3 is 2.64 bits per heavy atom. The van der Waals surface area contributed by atoms with E-state index in [1.807, 2.05) is 55.8 Å². The van der Waals surface area contributed by atoms with Gasteiger partial charge in [0.1, 0.15) is 0 Å². The summed E-state index contributed by atoms with van der Waals surface area (Å²) in [5.41, 5.74) is 3.72. The molecule has 2 heterocycles. The normalized spacial score (nSPS) is 18.5. The smallest absolute Gasteiger partial charge is 0.258 e. The number of thioether (sulfide) groups is 1. The summed E-state index contributed by atoms with van der Waals surface area (Å²) in [7, 11) is 1.89. The molecule has 1 atom stereocenters. The van der Waals surface area contributed by atoms with Crippen LogP contribution in [0.4, 0.5) is 0 Å². The second-order valence-corrected chi connectivity index (χ2v) is 6.82. The van der Waals surface area contributed by atoms with Crippen molar-refractivity contribution in [2.75, 3.05) is 18.1 Å². The molecule has 1 aromatic carbocycles. The number of benzene rings is 1. The second kappa shape index (κ2) is 6.16. The highest BCUT2D eigenvalue weighted by Gasteiger charge is 2.31. The summed E-state index contributed by atoms with van der Waals surface area (Å²) in [6, 6.07) is 10.5. The van der Waals surface area contributed by atoms with Crippen molar-refractivity contribution in [2.24, 2.45) is 7.05 Å². The van der Waals surface area contributed by atoms with Crippen molar-refractivity contribution in [3.8, 4) is 0 Å². The third kappa shape index (κ3) is 2.65. The zero-order valence-corrected chi connectivity index (χ0v) is 14.1. The molecule has 0 bridgehead atoms. The van der Waals surface area contributed by atoms with Gasteiger partial charge in [-0.05, 0) is 19.4 Å². The minimum absolute atomic E-state index is 0.109. The van der Waals surface area contributed by atoms with Gasteiger partial charge >= 0.3 is 0 Å². The summed E-state index contributed by atoms with van der Waals surface area (Å²) < 4.78 is 1.79. The monoisotopic (exact) mass is 315 g/mol. The summed E-state index contributed by atoms with van der Waals surface area (Å²) >= 11 is 1.91. The van der Waals surface area contributed by atoms with Crippen LogP contribution in [-0.4, -0.2) is 38.6 Å². The first-order valence-corrected chi connectivity index (χ1v) is 8.69. The fourth-order valence-corrected chi connectivity index (χ4v) is 4.11. The number of carbonyl (C=O) groups excluding carboxylic acids is 1. The van der Waals surface area contributed by atoms with Crippen molar-refractivity contribution in [1.29, 1.82) is 0 Å². The van der Waals surface area contributed by atoms with Crippen LogP contribution in [0, 0.1) is 13.8 Å². The first kappa shape index (κ1) is 15.2. The summed E-state index contributed by atoms with van der Waals surface area (Å²) in [6.45, 7) is 4.66. The fourth-order valence-electron chi connectivity index (χ4n) is 3.02. The molecule has 1 aliphatic rings. The van der Waals surface area contributed by atoms with Crippen LogP contribution in [0.3, 0.4) is 0 Å². The molecule has 116 valence electrons. The molecule has 2 aromatic rings. The summed E-state index contributed by atoms with van der Waals surface area (Å²) in [6.07, 6.45) is 0. The van der Waals surface area contributed by atoms with E-state index in [1.54, 1.807) is 4.68 Å². The molecule has 1 saturated heterocycles. The van der Waals surface area contributed by atoms with Gasteiger partial charge in [-0.25, -0.2) is 0 Å². The van der Waals surface area contributed by atoms with Gasteiger partial charge in [0.15, 0.2) is 0 Å². The molecule has 0 spiro atoms. The predicted molar refractivity (Wildman–Crippen MR) is 90.2 cm³/mol. The molecule has 22 heavy (non-hydrogen) atoms. The molecule has 3 rings (SSSR count). The van der Waals surface area contributed by atoms with E-state index in [-0.39, 0.29) is 11.9 Å². The Bertz CT molecular complexity index is 681. The molecule has 5 heteroatoms. The zero-order chi connectivity index (χ0) is 15.7. The quantitative estimate of drug-likeness (QED) is 0.855. The molecule has 0 N–H and O–H groups in total. The molecule has 1 aromatic heterocycles. The molecule has 0 aliphatic carbocycles. The Hall–Kier alpha value is -1.75. The Morgan fingerprint density at radius 1 is 1.27 bits per heavy atom. The average Bonchev–Trinajstić information content (AvgIpc) is 2.80. The van der Waals surface area contributed by atoms with Gasteiger partial charge in [0.25, 0.3) is 5.91 Å². The molecular weight excluding hydrogens is 294 g/mol. The van der Waals surface area contributed by atoms with Gasteiger partial charge in [-0.15, -0.1) is 0 Å². The maximum absolute atomic E-state index is 13.1. The van der Waals surface area contributed by atoms with Gasteiger partial charge in [-0.3, -0.25) is 9.48 Å². The standard InChI is InChI=1S/C17H21N3OS/c1-12-16(13(2)19(3)18-12)17(21)20-9-10-22-11-15(20)14-7-5-4-6-8-14/h4-8,15H,9-11H2,1-3H3. The molecule has 1 aliphatic heterocycles. The number of nitrogens with zero attached hydrogens (tertiary/aromatic N) is 3. The van der Waals surface area contributed by atoms with E-state index in [4.69, 9.17) is 0 Å².